The number of nitrogens with zero attached hydrogens (tertiary/aromatic N) is 3. The van der Waals surface area contributed by atoms with Crippen LogP contribution in [0, 0.1) is 0 Å². The number of oxazole rings is 1. The molecular weight excluding hydrogens is 356 g/mol. The monoisotopic (exact) mass is 376 g/mol. The van der Waals surface area contributed by atoms with Crippen molar-refractivity contribution < 1.29 is 9.15 Å². The van der Waals surface area contributed by atoms with E-state index in [0.29, 0.717) is 35.7 Å². The molecule has 1 N–H and O–H groups in total. The number of fused-ring (bicyclic) bond motifs is 1. The van der Waals surface area contributed by atoms with Crippen LogP contribution < -0.4 is 10.3 Å². The van der Waals surface area contributed by atoms with Crippen molar-refractivity contribution in [1.82, 2.24) is 19.9 Å². The fraction of sp³-hybridized carbons (Fsp3) is 0.190. The number of rotatable bonds is 6. The molecule has 0 radical (unpaired) electrons. The molecule has 0 amide bonds. The molecule has 7 heteroatoms. The lowest BCUT2D eigenvalue weighted by atomic mass is 10.2. The van der Waals surface area contributed by atoms with Crippen molar-refractivity contribution in [3.8, 4) is 17.2 Å². The van der Waals surface area contributed by atoms with Crippen molar-refractivity contribution in [2.45, 2.75) is 13.1 Å². The van der Waals surface area contributed by atoms with E-state index < -0.39 is 0 Å². The summed E-state index contributed by atoms with van der Waals surface area (Å²) in [4.78, 5) is 26.1. The summed E-state index contributed by atoms with van der Waals surface area (Å²) in [5.74, 6) is 1.96. The first-order chi connectivity index (χ1) is 13.6. The van der Waals surface area contributed by atoms with E-state index in [2.05, 4.69) is 15.0 Å². The molecule has 4 aromatic rings. The van der Waals surface area contributed by atoms with Gasteiger partial charge in [-0.2, -0.15) is 0 Å². The van der Waals surface area contributed by atoms with Gasteiger partial charge >= 0.3 is 0 Å². The van der Waals surface area contributed by atoms with Crippen molar-refractivity contribution in [3.05, 3.63) is 76.7 Å². The molecule has 4 rings (SSSR count). The molecule has 0 unspecified atom stereocenters. The molecule has 0 saturated carbocycles. The maximum atomic E-state index is 12.2. The van der Waals surface area contributed by atoms with Crippen LogP contribution in [-0.4, -0.2) is 34.0 Å². The van der Waals surface area contributed by atoms with Gasteiger partial charge in [-0.1, -0.05) is 12.1 Å². The molecule has 7 nitrogen and oxygen atoms in total. The number of aromatic nitrogens is 3. The second-order valence-electron chi connectivity index (χ2n) is 6.57. The zero-order valence-corrected chi connectivity index (χ0v) is 15.7. The third-order valence-corrected chi connectivity index (χ3v) is 4.40. The van der Waals surface area contributed by atoms with E-state index in [4.69, 9.17) is 9.15 Å². The summed E-state index contributed by atoms with van der Waals surface area (Å²) < 4.78 is 10.8. The van der Waals surface area contributed by atoms with E-state index in [1.54, 1.807) is 19.4 Å². The van der Waals surface area contributed by atoms with Gasteiger partial charge in [-0.05, 0) is 43.4 Å². The standard InChI is InChI=1S/C21H20N4O3/c1-25(12-19-23-18-6-4-3-5-17(18)20(26)24-19)11-15-13-28-21(22-15)14-7-9-16(27-2)10-8-14/h3-10,13H,11-12H2,1-2H3,(H,23,24,26). The van der Waals surface area contributed by atoms with Gasteiger partial charge in [0.1, 0.15) is 17.8 Å². The Balaban J connectivity index is 1.46. The molecule has 142 valence electrons. The van der Waals surface area contributed by atoms with Crippen molar-refractivity contribution in [1.29, 1.82) is 0 Å². The minimum absolute atomic E-state index is 0.128. The average molecular weight is 376 g/mol. The fourth-order valence-electron chi connectivity index (χ4n) is 3.04. The predicted molar refractivity (Wildman–Crippen MR) is 106 cm³/mol. The van der Waals surface area contributed by atoms with Gasteiger partial charge in [0, 0.05) is 12.1 Å². The SMILES string of the molecule is COc1ccc(-c2nc(CN(C)Cc3nc4ccccc4c(=O)[nH]3)co2)cc1. The van der Waals surface area contributed by atoms with Crippen molar-refractivity contribution in [3.63, 3.8) is 0 Å². The molecular formula is C21H20N4O3. The van der Waals surface area contributed by atoms with Crippen molar-refractivity contribution >= 4 is 10.9 Å². The molecule has 0 saturated heterocycles. The predicted octanol–water partition coefficient (Wildman–Crippen LogP) is 3.22. The number of methoxy groups -OCH3 is 1. The fourth-order valence-corrected chi connectivity index (χ4v) is 3.04. The molecule has 0 aliphatic carbocycles. The number of ether oxygens (including phenoxy) is 1. The maximum absolute atomic E-state index is 12.2. The summed E-state index contributed by atoms with van der Waals surface area (Å²) >= 11 is 0. The molecule has 28 heavy (non-hydrogen) atoms. The highest BCUT2D eigenvalue weighted by molar-refractivity contribution is 5.77. The third kappa shape index (κ3) is 3.79. The Hall–Kier alpha value is -3.45. The van der Waals surface area contributed by atoms with Gasteiger partial charge in [0.15, 0.2) is 0 Å². The van der Waals surface area contributed by atoms with Gasteiger partial charge in [-0.15, -0.1) is 0 Å². The average Bonchev–Trinajstić information content (AvgIpc) is 3.16. The maximum Gasteiger partial charge on any atom is 0.258 e. The second-order valence-corrected chi connectivity index (χ2v) is 6.57. The quantitative estimate of drug-likeness (QED) is 0.556. The van der Waals surface area contributed by atoms with E-state index in [9.17, 15) is 4.79 Å². The summed E-state index contributed by atoms with van der Waals surface area (Å²) in [5, 5.41) is 0.592. The lowest BCUT2D eigenvalue weighted by Gasteiger charge is -2.14. The summed E-state index contributed by atoms with van der Waals surface area (Å²) in [6.07, 6.45) is 1.65. The smallest absolute Gasteiger partial charge is 0.258 e. The van der Waals surface area contributed by atoms with Crippen LogP contribution >= 0.6 is 0 Å². The normalized spacial score (nSPS) is 11.2. The van der Waals surface area contributed by atoms with Crippen LogP contribution in [0.1, 0.15) is 11.5 Å². The number of para-hydroxylation sites is 1. The minimum Gasteiger partial charge on any atom is -0.497 e. The highest BCUT2D eigenvalue weighted by Crippen LogP contribution is 2.22. The van der Waals surface area contributed by atoms with Crippen LogP contribution in [0.15, 0.2) is 64.0 Å². The Bertz CT molecular complexity index is 1150. The molecule has 0 aliphatic heterocycles. The lowest BCUT2D eigenvalue weighted by molar-refractivity contribution is 0.306. The summed E-state index contributed by atoms with van der Waals surface area (Å²) in [6.45, 7) is 1.06. The van der Waals surface area contributed by atoms with Crippen LogP contribution in [-0.2, 0) is 13.1 Å². The number of benzene rings is 2. The summed E-state index contributed by atoms with van der Waals surface area (Å²) in [7, 11) is 3.57. The van der Waals surface area contributed by atoms with Gasteiger partial charge in [0.05, 0.1) is 30.3 Å². The van der Waals surface area contributed by atoms with Gasteiger partial charge in [-0.25, -0.2) is 9.97 Å². The Morgan fingerprint density at radius 3 is 2.64 bits per heavy atom. The molecule has 2 aromatic carbocycles. The van der Waals surface area contributed by atoms with Crippen LogP contribution in [0.25, 0.3) is 22.4 Å². The van der Waals surface area contributed by atoms with Gasteiger partial charge in [-0.3, -0.25) is 9.69 Å². The third-order valence-electron chi connectivity index (χ3n) is 4.40. The first-order valence-electron chi connectivity index (χ1n) is 8.87. The van der Waals surface area contributed by atoms with Crippen LogP contribution in [0.5, 0.6) is 5.75 Å². The van der Waals surface area contributed by atoms with Gasteiger partial charge in [0.25, 0.3) is 5.56 Å². The van der Waals surface area contributed by atoms with E-state index in [-0.39, 0.29) is 5.56 Å². The topological polar surface area (TPSA) is 84.2 Å². The van der Waals surface area contributed by atoms with E-state index in [0.717, 1.165) is 17.0 Å². The molecule has 0 atom stereocenters. The first-order valence-corrected chi connectivity index (χ1v) is 8.87. The number of nitrogens with one attached hydrogen (secondary N) is 1. The lowest BCUT2D eigenvalue weighted by Crippen LogP contribution is -2.22. The summed E-state index contributed by atoms with van der Waals surface area (Å²) in [5.41, 5.74) is 2.25. The Labute approximate surface area is 161 Å². The molecule has 0 aliphatic rings. The number of H-pyrrole nitrogens is 1. The number of aromatic amines is 1. The zero-order chi connectivity index (χ0) is 19.5. The summed E-state index contributed by atoms with van der Waals surface area (Å²) in [6, 6.07) is 14.9. The van der Waals surface area contributed by atoms with Crippen LogP contribution in [0.4, 0.5) is 0 Å². The zero-order valence-electron chi connectivity index (χ0n) is 15.7. The molecule has 2 heterocycles. The van der Waals surface area contributed by atoms with Crippen molar-refractivity contribution in [2.24, 2.45) is 0 Å². The Kier molecular flexibility index (Phi) is 4.90. The Morgan fingerprint density at radius 2 is 1.86 bits per heavy atom. The Morgan fingerprint density at radius 1 is 1.07 bits per heavy atom. The number of hydrogen-bond acceptors (Lipinski definition) is 6. The molecule has 0 fully saturated rings. The van der Waals surface area contributed by atoms with Gasteiger partial charge in [0.2, 0.25) is 5.89 Å². The number of hydrogen-bond donors (Lipinski definition) is 1. The van der Waals surface area contributed by atoms with E-state index in [1.807, 2.05) is 54.4 Å². The van der Waals surface area contributed by atoms with Gasteiger partial charge < -0.3 is 14.1 Å². The van der Waals surface area contributed by atoms with Crippen molar-refractivity contribution in [2.75, 3.05) is 14.2 Å². The first kappa shape index (κ1) is 17.9. The van der Waals surface area contributed by atoms with Crippen LogP contribution in [0.3, 0.4) is 0 Å². The van der Waals surface area contributed by atoms with Crippen LogP contribution in [0.2, 0.25) is 0 Å². The van der Waals surface area contributed by atoms with E-state index in [1.165, 1.54) is 0 Å². The molecule has 2 aromatic heterocycles. The molecule has 0 bridgehead atoms. The highest BCUT2D eigenvalue weighted by Gasteiger charge is 2.11. The minimum atomic E-state index is -0.128. The largest absolute Gasteiger partial charge is 0.497 e. The second kappa shape index (κ2) is 7.66. The van der Waals surface area contributed by atoms with E-state index >= 15 is 0 Å². The molecule has 0 spiro atoms. The highest BCUT2D eigenvalue weighted by atomic mass is 16.5.